The van der Waals surface area contributed by atoms with Crippen molar-refractivity contribution >= 4 is 33.0 Å². The van der Waals surface area contributed by atoms with E-state index in [0.29, 0.717) is 11.0 Å². The van der Waals surface area contributed by atoms with Crippen molar-refractivity contribution in [2.75, 3.05) is 13.1 Å². The fourth-order valence-electron chi connectivity index (χ4n) is 2.99. The minimum absolute atomic E-state index is 0.0612. The fraction of sp³-hybridized carbons (Fsp3) is 0.333. The van der Waals surface area contributed by atoms with Crippen LogP contribution in [0.5, 0.6) is 0 Å². The van der Waals surface area contributed by atoms with Gasteiger partial charge in [-0.05, 0) is 12.1 Å². The van der Waals surface area contributed by atoms with Crippen molar-refractivity contribution in [2.45, 2.75) is 29.0 Å². The molecule has 2 aromatic rings. The van der Waals surface area contributed by atoms with Gasteiger partial charge in [0.15, 0.2) is 9.84 Å². The van der Waals surface area contributed by atoms with Gasteiger partial charge in [0.1, 0.15) is 39.0 Å². The van der Waals surface area contributed by atoms with Crippen LogP contribution >= 0.6 is 11.3 Å². The summed E-state index contributed by atoms with van der Waals surface area (Å²) in [4.78, 5) is 28.1. The molecule has 1 atom stereocenters. The van der Waals surface area contributed by atoms with Crippen molar-refractivity contribution in [3.8, 4) is 6.07 Å². The SMILES string of the molecule is N#C[C@@H]1CC(F)(F)CN1C(=O)CNC(=O)c1csc(CS(=O)(=O)c2ccc(F)cc2F)n1. The van der Waals surface area contributed by atoms with Crippen LogP contribution in [0.1, 0.15) is 21.9 Å². The highest BCUT2D eigenvalue weighted by Crippen LogP contribution is 2.31. The number of nitrogens with one attached hydrogen (secondary N) is 1. The maximum Gasteiger partial charge on any atom is 0.271 e. The topological polar surface area (TPSA) is 120 Å². The molecule has 8 nitrogen and oxygen atoms in total. The molecule has 1 fully saturated rings. The Balaban J connectivity index is 1.62. The van der Waals surface area contributed by atoms with Crippen LogP contribution < -0.4 is 5.32 Å². The normalized spacial score (nSPS) is 17.7. The number of benzene rings is 1. The standard InChI is InChI=1S/C18H14F4N4O4S2/c19-10-1-2-14(12(20)3-10)32(29,30)8-15-25-13(7-31-15)17(28)24-6-16(27)26-9-18(21,22)4-11(26)5-23/h1-3,7,11H,4,6,8-9H2,(H,24,28)/t11-/m0/s1. The number of carbonyl (C=O) groups excluding carboxylic acids is 2. The minimum Gasteiger partial charge on any atom is -0.342 e. The first-order chi connectivity index (χ1) is 14.9. The predicted octanol–water partition coefficient (Wildman–Crippen LogP) is 1.88. The molecule has 14 heteroatoms. The molecule has 1 N–H and O–H groups in total. The molecular weight excluding hydrogens is 476 g/mol. The summed E-state index contributed by atoms with van der Waals surface area (Å²) in [5, 5.41) is 12.2. The molecule has 1 aliphatic rings. The highest BCUT2D eigenvalue weighted by Gasteiger charge is 2.47. The minimum atomic E-state index is -4.22. The molecule has 0 spiro atoms. The van der Waals surface area contributed by atoms with E-state index in [1.807, 2.05) is 0 Å². The Morgan fingerprint density at radius 1 is 1.34 bits per heavy atom. The molecule has 0 aliphatic carbocycles. The third kappa shape index (κ3) is 5.22. The predicted molar refractivity (Wildman–Crippen MR) is 102 cm³/mol. The molecule has 0 unspecified atom stereocenters. The number of hydrogen-bond donors (Lipinski definition) is 1. The van der Waals surface area contributed by atoms with Gasteiger partial charge in [-0.15, -0.1) is 11.3 Å². The maximum absolute atomic E-state index is 13.8. The number of sulfone groups is 1. The van der Waals surface area contributed by atoms with E-state index in [-0.39, 0.29) is 10.7 Å². The molecule has 1 aromatic heterocycles. The largest absolute Gasteiger partial charge is 0.342 e. The summed E-state index contributed by atoms with van der Waals surface area (Å²) in [6.45, 7) is -1.60. The summed E-state index contributed by atoms with van der Waals surface area (Å²) in [6.07, 6.45) is -0.790. The molecule has 32 heavy (non-hydrogen) atoms. The van der Waals surface area contributed by atoms with E-state index in [1.165, 1.54) is 5.38 Å². The highest BCUT2D eigenvalue weighted by molar-refractivity contribution is 7.90. The van der Waals surface area contributed by atoms with E-state index >= 15 is 0 Å². The molecule has 3 rings (SSSR count). The van der Waals surface area contributed by atoms with Crippen LogP contribution in [0, 0.1) is 23.0 Å². The molecule has 1 saturated heterocycles. The highest BCUT2D eigenvalue weighted by atomic mass is 32.2. The van der Waals surface area contributed by atoms with Crippen LogP contribution in [0.3, 0.4) is 0 Å². The molecule has 2 amide bonds. The Morgan fingerprint density at radius 3 is 2.72 bits per heavy atom. The fourth-order valence-corrected chi connectivity index (χ4v) is 5.46. The van der Waals surface area contributed by atoms with Crippen molar-refractivity contribution in [2.24, 2.45) is 0 Å². The number of nitrogens with zero attached hydrogens (tertiary/aromatic N) is 3. The number of thiazole rings is 1. The van der Waals surface area contributed by atoms with Crippen LogP contribution in [0.25, 0.3) is 0 Å². The van der Waals surface area contributed by atoms with Crippen LogP contribution in [-0.2, 0) is 20.4 Å². The van der Waals surface area contributed by atoms with Crippen molar-refractivity contribution < 1.29 is 35.6 Å². The summed E-state index contributed by atoms with van der Waals surface area (Å²) in [5.41, 5.74) is -0.240. The van der Waals surface area contributed by atoms with Gasteiger partial charge in [0, 0.05) is 17.9 Å². The Bertz CT molecular complexity index is 1210. The summed E-state index contributed by atoms with van der Waals surface area (Å²) in [6, 6.07) is 2.31. The Morgan fingerprint density at radius 2 is 2.06 bits per heavy atom. The van der Waals surface area contributed by atoms with Gasteiger partial charge < -0.3 is 10.2 Å². The van der Waals surface area contributed by atoms with Gasteiger partial charge in [0.05, 0.1) is 19.2 Å². The first kappa shape index (κ1) is 23.6. The van der Waals surface area contributed by atoms with Gasteiger partial charge >= 0.3 is 0 Å². The van der Waals surface area contributed by atoms with Gasteiger partial charge in [-0.2, -0.15) is 5.26 Å². The second-order valence-corrected chi connectivity index (χ2v) is 9.77. The Hall–Kier alpha value is -3.05. The number of carbonyl (C=O) groups is 2. The number of aromatic nitrogens is 1. The molecule has 2 heterocycles. The van der Waals surface area contributed by atoms with Crippen molar-refractivity contribution in [3.05, 3.63) is 45.9 Å². The molecule has 170 valence electrons. The molecule has 0 bridgehead atoms. The van der Waals surface area contributed by atoms with Gasteiger partial charge in [-0.3, -0.25) is 9.59 Å². The number of nitriles is 1. The number of halogens is 4. The van der Waals surface area contributed by atoms with Gasteiger partial charge in [-0.25, -0.2) is 31.0 Å². The third-order valence-electron chi connectivity index (χ3n) is 4.47. The molecule has 0 saturated carbocycles. The summed E-state index contributed by atoms with van der Waals surface area (Å²) < 4.78 is 78.3. The van der Waals surface area contributed by atoms with E-state index in [9.17, 15) is 35.6 Å². The molecular formula is C18H14F4N4O4S2. The zero-order valence-corrected chi connectivity index (χ0v) is 17.7. The van der Waals surface area contributed by atoms with Crippen molar-refractivity contribution in [3.63, 3.8) is 0 Å². The second kappa shape index (κ2) is 8.83. The van der Waals surface area contributed by atoms with E-state index in [1.54, 1.807) is 6.07 Å². The number of likely N-dealkylation sites (tertiary alicyclic amines) is 1. The van der Waals surface area contributed by atoms with Crippen LogP contribution in [0.4, 0.5) is 17.6 Å². The van der Waals surface area contributed by atoms with E-state index in [4.69, 9.17) is 5.26 Å². The average Bonchev–Trinajstić information content (AvgIpc) is 3.28. The molecule has 1 aromatic carbocycles. The first-order valence-electron chi connectivity index (χ1n) is 8.89. The lowest BCUT2D eigenvalue weighted by Gasteiger charge is -2.19. The van der Waals surface area contributed by atoms with Gasteiger partial charge in [0.25, 0.3) is 11.8 Å². The summed E-state index contributed by atoms with van der Waals surface area (Å²) in [5.74, 6) is -7.90. The van der Waals surface area contributed by atoms with Crippen LogP contribution in [-0.4, -0.2) is 55.2 Å². The maximum atomic E-state index is 13.8. The monoisotopic (exact) mass is 490 g/mol. The zero-order valence-electron chi connectivity index (χ0n) is 16.0. The van der Waals surface area contributed by atoms with Gasteiger partial charge in [-0.1, -0.05) is 0 Å². The Kier molecular flexibility index (Phi) is 6.51. The van der Waals surface area contributed by atoms with Crippen molar-refractivity contribution in [1.82, 2.24) is 15.2 Å². The third-order valence-corrected chi connectivity index (χ3v) is 7.15. The van der Waals surface area contributed by atoms with Crippen LogP contribution in [0.2, 0.25) is 0 Å². The van der Waals surface area contributed by atoms with E-state index < -0.39 is 75.4 Å². The smallest absolute Gasteiger partial charge is 0.271 e. The lowest BCUT2D eigenvalue weighted by Crippen LogP contribution is -2.43. The average molecular weight is 490 g/mol. The van der Waals surface area contributed by atoms with E-state index in [2.05, 4.69) is 10.3 Å². The van der Waals surface area contributed by atoms with Gasteiger partial charge in [0.2, 0.25) is 5.91 Å². The van der Waals surface area contributed by atoms with Crippen LogP contribution in [0.15, 0.2) is 28.5 Å². The summed E-state index contributed by atoms with van der Waals surface area (Å²) in [7, 11) is -4.22. The first-order valence-corrected chi connectivity index (χ1v) is 11.4. The number of rotatable bonds is 6. The Labute approximate surface area is 183 Å². The molecule has 0 radical (unpaired) electrons. The lowest BCUT2D eigenvalue weighted by atomic mass is 10.2. The quantitative estimate of drug-likeness (QED) is 0.488. The van der Waals surface area contributed by atoms with E-state index in [0.717, 1.165) is 23.5 Å². The number of hydrogen-bond acceptors (Lipinski definition) is 7. The summed E-state index contributed by atoms with van der Waals surface area (Å²) >= 11 is 0.787. The zero-order chi connectivity index (χ0) is 23.7. The van der Waals surface area contributed by atoms with Crippen molar-refractivity contribution in [1.29, 1.82) is 5.26 Å². The number of alkyl halides is 2. The number of amides is 2. The second-order valence-electron chi connectivity index (χ2n) is 6.87. The lowest BCUT2D eigenvalue weighted by molar-refractivity contribution is -0.131. The molecule has 1 aliphatic heterocycles.